The van der Waals surface area contributed by atoms with Crippen LogP contribution in [0.4, 0.5) is 13.2 Å². The molecule has 1 aliphatic rings. The van der Waals surface area contributed by atoms with Gasteiger partial charge >= 0.3 is 6.18 Å². The number of alkyl halides is 3. The summed E-state index contributed by atoms with van der Waals surface area (Å²) in [4.78, 5) is 10.6. The minimum atomic E-state index is -4.69. The Kier molecular flexibility index (Phi) is 2.72. The van der Waals surface area contributed by atoms with E-state index in [4.69, 9.17) is 0 Å². The first-order chi connectivity index (χ1) is 5.52. The third-order valence-electron chi connectivity index (χ3n) is 1.91. The van der Waals surface area contributed by atoms with Crippen LogP contribution in [0.25, 0.3) is 0 Å². The zero-order chi connectivity index (χ0) is 9.19. The third kappa shape index (κ3) is 2.20. The number of Topliss-reactive ketones (excluding diaryl/α,β-unsaturated/α-hetero) is 1. The van der Waals surface area contributed by atoms with Crippen LogP contribution in [-0.2, 0) is 4.79 Å². The lowest BCUT2D eigenvalue weighted by Gasteiger charge is -2.22. The minimum Gasteiger partial charge on any atom is -0.307 e. The van der Waals surface area contributed by atoms with Crippen LogP contribution in [0, 0.1) is 0 Å². The first-order valence-electron chi connectivity index (χ1n) is 3.86. The molecule has 0 spiro atoms. The fourth-order valence-electron chi connectivity index (χ4n) is 1.27. The summed E-state index contributed by atoms with van der Waals surface area (Å²) in [5.41, 5.74) is 0. The predicted octanol–water partition coefficient (Wildman–Crippen LogP) is 1.26. The van der Waals surface area contributed by atoms with Gasteiger partial charge in [0.25, 0.3) is 5.78 Å². The maximum absolute atomic E-state index is 11.8. The van der Waals surface area contributed by atoms with Gasteiger partial charge < -0.3 is 5.32 Å². The lowest BCUT2D eigenvalue weighted by molar-refractivity contribution is -0.173. The molecule has 1 N–H and O–H groups in total. The first kappa shape index (κ1) is 9.51. The highest BCUT2D eigenvalue weighted by atomic mass is 19.4. The Balaban J connectivity index is 2.51. The molecule has 5 heteroatoms. The van der Waals surface area contributed by atoms with Crippen LogP contribution in [0.15, 0.2) is 0 Å². The summed E-state index contributed by atoms with van der Waals surface area (Å²) in [6.45, 7) is 0.506. The molecule has 1 heterocycles. The van der Waals surface area contributed by atoms with Gasteiger partial charge in [0, 0.05) is 0 Å². The minimum absolute atomic E-state index is 0.304. The fraction of sp³-hybridized carbons (Fsp3) is 0.857. The van der Waals surface area contributed by atoms with Gasteiger partial charge in [-0.1, -0.05) is 6.42 Å². The zero-order valence-electron chi connectivity index (χ0n) is 6.45. The van der Waals surface area contributed by atoms with Crippen molar-refractivity contribution in [1.82, 2.24) is 5.32 Å². The number of nitrogens with one attached hydrogen (secondary N) is 1. The Morgan fingerprint density at radius 1 is 1.33 bits per heavy atom. The molecule has 0 aromatic rings. The van der Waals surface area contributed by atoms with Crippen molar-refractivity contribution in [2.75, 3.05) is 6.54 Å². The van der Waals surface area contributed by atoms with Gasteiger partial charge in [-0.25, -0.2) is 0 Å². The highest BCUT2D eigenvalue weighted by Gasteiger charge is 2.43. The van der Waals surface area contributed by atoms with Crippen LogP contribution >= 0.6 is 0 Å². The van der Waals surface area contributed by atoms with Gasteiger partial charge in [0.1, 0.15) is 0 Å². The molecule has 1 saturated heterocycles. The molecular weight excluding hydrogens is 171 g/mol. The monoisotopic (exact) mass is 181 g/mol. The van der Waals surface area contributed by atoms with E-state index in [0.29, 0.717) is 19.4 Å². The van der Waals surface area contributed by atoms with Crippen molar-refractivity contribution in [3.05, 3.63) is 0 Å². The predicted molar refractivity (Wildman–Crippen MR) is 36.7 cm³/mol. The van der Waals surface area contributed by atoms with E-state index in [1.165, 1.54) is 0 Å². The van der Waals surface area contributed by atoms with Crippen molar-refractivity contribution < 1.29 is 18.0 Å². The van der Waals surface area contributed by atoms with Crippen molar-refractivity contribution in [1.29, 1.82) is 0 Å². The third-order valence-corrected chi connectivity index (χ3v) is 1.91. The van der Waals surface area contributed by atoms with Gasteiger partial charge in [-0.15, -0.1) is 0 Å². The second-order valence-electron chi connectivity index (χ2n) is 2.86. The van der Waals surface area contributed by atoms with Crippen LogP contribution in [0.2, 0.25) is 0 Å². The second-order valence-corrected chi connectivity index (χ2v) is 2.86. The molecule has 12 heavy (non-hydrogen) atoms. The molecular formula is C7H10F3NO. The number of carbonyl (C=O) groups is 1. The van der Waals surface area contributed by atoms with Crippen molar-refractivity contribution in [3.8, 4) is 0 Å². The molecule has 0 unspecified atom stereocenters. The van der Waals surface area contributed by atoms with E-state index >= 15 is 0 Å². The van der Waals surface area contributed by atoms with Crippen molar-refractivity contribution >= 4 is 5.78 Å². The maximum Gasteiger partial charge on any atom is 0.451 e. The van der Waals surface area contributed by atoms with Crippen molar-refractivity contribution in [3.63, 3.8) is 0 Å². The SMILES string of the molecule is O=C([C@@H]1CCCCN1)C(F)(F)F. The molecule has 1 rings (SSSR count). The van der Waals surface area contributed by atoms with Crippen molar-refractivity contribution in [2.45, 2.75) is 31.5 Å². The molecule has 0 radical (unpaired) electrons. The van der Waals surface area contributed by atoms with E-state index in [-0.39, 0.29) is 0 Å². The quantitative estimate of drug-likeness (QED) is 0.659. The van der Waals surface area contributed by atoms with Crippen LogP contribution in [0.1, 0.15) is 19.3 Å². The number of carbonyl (C=O) groups excluding carboxylic acids is 1. The van der Waals surface area contributed by atoms with Gasteiger partial charge in [-0.3, -0.25) is 4.79 Å². The standard InChI is InChI=1S/C7H10F3NO/c8-7(9,10)6(12)5-3-1-2-4-11-5/h5,11H,1-4H2/t5-/m0/s1. The lowest BCUT2D eigenvalue weighted by atomic mass is 10.0. The number of hydrogen-bond acceptors (Lipinski definition) is 2. The van der Waals surface area contributed by atoms with E-state index in [1.807, 2.05) is 0 Å². The molecule has 0 saturated carbocycles. The summed E-state index contributed by atoms with van der Waals surface area (Å²) in [5.74, 6) is -1.64. The average Bonchev–Trinajstić information content (AvgIpc) is 2.03. The largest absolute Gasteiger partial charge is 0.451 e. The van der Waals surface area contributed by atoms with Gasteiger partial charge in [-0.05, 0) is 19.4 Å². The first-order valence-corrected chi connectivity index (χ1v) is 3.86. The van der Waals surface area contributed by atoms with Crippen LogP contribution < -0.4 is 5.32 Å². The van der Waals surface area contributed by atoms with Gasteiger partial charge in [0.2, 0.25) is 0 Å². The molecule has 0 amide bonds. The summed E-state index contributed by atoms with van der Waals surface area (Å²) >= 11 is 0. The number of ketones is 1. The zero-order valence-corrected chi connectivity index (χ0v) is 6.45. The van der Waals surface area contributed by atoms with E-state index in [9.17, 15) is 18.0 Å². The summed E-state index contributed by atoms with van der Waals surface area (Å²) in [6.07, 6.45) is -2.84. The smallest absolute Gasteiger partial charge is 0.307 e. The average molecular weight is 181 g/mol. The summed E-state index contributed by atoms with van der Waals surface area (Å²) in [5, 5.41) is 2.56. The second kappa shape index (κ2) is 3.43. The molecule has 1 aliphatic heterocycles. The molecule has 0 aromatic heterocycles. The van der Waals surface area contributed by atoms with Crippen LogP contribution in [-0.4, -0.2) is 24.5 Å². The Bertz CT molecular complexity index is 172. The number of piperidine rings is 1. The molecule has 0 aliphatic carbocycles. The van der Waals surface area contributed by atoms with E-state index in [1.54, 1.807) is 0 Å². The summed E-state index contributed by atoms with van der Waals surface area (Å²) in [6, 6.07) is -1.00. The number of rotatable bonds is 1. The molecule has 0 aromatic carbocycles. The topological polar surface area (TPSA) is 29.1 Å². The summed E-state index contributed by atoms with van der Waals surface area (Å²) < 4.78 is 35.5. The van der Waals surface area contributed by atoms with Gasteiger partial charge in [0.05, 0.1) is 6.04 Å². The molecule has 1 fully saturated rings. The highest BCUT2D eigenvalue weighted by molar-refractivity contribution is 5.89. The van der Waals surface area contributed by atoms with E-state index in [0.717, 1.165) is 6.42 Å². The highest BCUT2D eigenvalue weighted by Crippen LogP contribution is 2.21. The lowest BCUT2D eigenvalue weighted by Crippen LogP contribution is -2.46. The Hall–Kier alpha value is -0.580. The number of halogens is 3. The number of hydrogen-bond donors (Lipinski definition) is 1. The summed E-state index contributed by atoms with van der Waals surface area (Å²) in [7, 11) is 0. The Labute approximate surface area is 68.1 Å². The Morgan fingerprint density at radius 2 is 2.00 bits per heavy atom. The normalized spacial score (nSPS) is 25.4. The van der Waals surface area contributed by atoms with E-state index in [2.05, 4.69) is 5.32 Å². The molecule has 70 valence electrons. The van der Waals surface area contributed by atoms with E-state index < -0.39 is 18.0 Å². The fourth-order valence-corrected chi connectivity index (χ4v) is 1.27. The van der Waals surface area contributed by atoms with Gasteiger partial charge in [-0.2, -0.15) is 13.2 Å². The van der Waals surface area contributed by atoms with Gasteiger partial charge in [0.15, 0.2) is 0 Å². The molecule has 2 nitrogen and oxygen atoms in total. The van der Waals surface area contributed by atoms with Crippen LogP contribution in [0.5, 0.6) is 0 Å². The molecule has 0 bridgehead atoms. The Morgan fingerprint density at radius 3 is 2.42 bits per heavy atom. The maximum atomic E-state index is 11.8. The van der Waals surface area contributed by atoms with Crippen molar-refractivity contribution in [2.24, 2.45) is 0 Å². The molecule has 1 atom stereocenters. The van der Waals surface area contributed by atoms with Crippen LogP contribution in [0.3, 0.4) is 0 Å².